The molecule has 6 aliphatic rings. The maximum absolute atomic E-state index is 12.9. The molecule has 6 aliphatic heterocycles. The monoisotopic (exact) mass is 2130 g/mol. The Kier molecular flexibility index (Phi) is 41.4. The van der Waals surface area contributed by atoms with Crippen molar-refractivity contribution < 1.29 is 340 Å². The first-order valence-corrected chi connectivity index (χ1v) is 44.6. The molecule has 0 saturated carbocycles. The van der Waals surface area contributed by atoms with Crippen molar-refractivity contribution in [1.82, 2.24) is 89.7 Å². The predicted octanol–water partition coefficient (Wildman–Crippen LogP) is -19.7. The van der Waals surface area contributed by atoms with Gasteiger partial charge in [-0.3, -0.25) is 29.9 Å². The first kappa shape index (κ1) is 116. The molecule has 0 radical (unpaired) electrons. The number of nitrogens with zero attached hydrogens (tertiary/aromatic N) is 18. The van der Waals surface area contributed by atoms with E-state index >= 15 is 0 Å². The molecule has 16 aromatic rings. The van der Waals surface area contributed by atoms with Gasteiger partial charge in [-0.25, -0.2) is 127 Å². The summed E-state index contributed by atoms with van der Waals surface area (Å²) in [5.41, 5.74) is -8.95. The second-order valence-corrected chi connectivity index (χ2v) is 36.0. The molecule has 12 N–H and O–H groups in total. The molecule has 54 nitrogen and oxygen atoms in total. The number of hydrogen-bond acceptors (Lipinski definition) is 48. The summed E-state index contributed by atoms with van der Waals surface area (Å²) in [4.78, 5) is 75.2. The fourth-order valence-corrected chi connectivity index (χ4v) is 16.3. The van der Waals surface area contributed by atoms with E-state index in [-0.39, 0.29) is 249 Å². The number of halogens is 6. The summed E-state index contributed by atoms with van der Waals surface area (Å²) in [6, 6.07) is 11.1. The van der Waals surface area contributed by atoms with Crippen LogP contribution >= 0.6 is 69.6 Å². The smallest absolute Gasteiger partial charge is 0.744 e. The summed E-state index contributed by atoms with van der Waals surface area (Å²) in [5, 5.41) is 10.0. The third-order valence-corrected chi connectivity index (χ3v) is 22.7. The molecule has 130 heavy (non-hydrogen) atoms. The molecule has 22 rings (SSSR count). The quantitative estimate of drug-likeness (QED) is 0.0382. The van der Waals surface area contributed by atoms with Crippen LogP contribution in [0.2, 0.25) is 0 Å². The zero-order valence-corrected chi connectivity index (χ0v) is 92.7. The van der Waals surface area contributed by atoms with Crippen LogP contribution in [-0.2, 0) is 80.9 Å². The van der Waals surface area contributed by atoms with E-state index in [9.17, 15) is 104 Å². The average Bonchev–Trinajstić information content (AvgIpc) is 0.781. The Morgan fingerprint density at radius 3 is 0.523 bits per heavy atom. The molecule has 0 atom stereocenters. The first-order chi connectivity index (χ1) is 56.7. The molecule has 24 bridgehead atoms. The summed E-state index contributed by atoms with van der Waals surface area (Å²) < 4.78 is 309. The van der Waals surface area contributed by atoms with Gasteiger partial charge in [0.15, 0.2) is 0 Å². The second-order valence-electron chi connectivity index (χ2n) is 23.1. The van der Waals surface area contributed by atoms with Gasteiger partial charge in [-0.15, -0.1) is 0 Å². The van der Waals surface area contributed by atoms with Crippen LogP contribution in [0.3, 0.4) is 0 Å². The van der Waals surface area contributed by atoms with Crippen LogP contribution in [0.15, 0.2) is 166 Å². The van der Waals surface area contributed by atoms with Crippen molar-refractivity contribution in [2.45, 2.75) is 39.2 Å². The Labute approximate surface area is 933 Å². The van der Waals surface area contributed by atoms with E-state index in [1.807, 2.05) is 0 Å². The van der Waals surface area contributed by atoms with E-state index in [0.29, 0.717) is 36.4 Å². The van der Waals surface area contributed by atoms with Gasteiger partial charge in [-0.1, -0.05) is 0 Å². The number of aliphatic imine (C=N–C) groups is 6. The van der Waals surface area contributed by atoms with Crippen molar-refractivity contribution in [1.29, 1.82) is 0 Å². The maximum atomic E-state index is 12.9. The van der Waals surface area contributed by atoms with E-state index in [2.05, 4.69) is 152 Å². The van der Waals surface area contributed by atoms with Gasteiger partial charge in [-0.2, -0.15) is 30.0 Å². The van der Waals surface area contributed by atoms with E-state index in [4.69, 9.17) is 69.6 Å². The number of hydrogen-bond donors (Lipinski definition) is 12. The number of H-pyrrole nitrogens is 6. The van der Waals surface area contributed by atoms with Crippen LogP contribution in [0.4, 0.5) is 71.4 Å². The van der Waals surface area contributed by atoms with Crippen LogP contribution in [0.5, 0.6) is 0 Å². The Morgan fingerprint density at radius 2 is 0.346 bits per heavy atom. The predicted molar refractivity (Wildman–Crippen MR) is 419 cm³/mol. The summed E-state index contributed by atoms with van der Waals surface area (Å²) in [5.74, 6) is -8.30. The van der Waals surface area contributed by atoms with Crippen molar-refractivity contribution in [3.8, 4) is 0 Å². The summed E-state index contributed by atoms with van der Waals surface area (Å²) in [6.07, 6.45) is 0. The standard InChI is InChI=1S/C54H36Cl6N30O24S8.8Na/c55-37-73-43-61-17-1-5-21(29(9-17)115(91,92)93)65-47-77-39(57)81-51(87-47)69-25-13-26(34(120(106,107)108)15-33(25)119(103,104)105)70-52-82-41(59)79-49(89-52)67-23-7-3-19(11-31(23)117(97,98)99)63-45-75-38(56)76-46(86-45)64-20-4-8-24(32(12-20)118(100,101)102)68-50-80-42(60)84-54(90-50)72-28-14-27(35(121(109,110)111)16-36(28)122(112,113)114)71-53-83-40(58)78-48(88-53)66-22-6-2-18(62-44(74-37)85-43)10-30(22)116(94,95)96;;;;;;;;/h1-16H,(H,91,92,93)(H,94,95,96)(H,97,98,99)(H,100,101,102)(H,103,104,105)(H,106,107,108)(H,109,110,111)(H,112,113,114)(H2,61,62,73,74,85)(H2,63,64,75,76,86)(H2,65,69,77,81,87)(H2,66,71,78,83,88)(H2,67,70,79,82,89)(H2,68,72,80,84,90);;;;;;;;/q;8*+1/p-8. The minimum absolute atomic E-state index is 0. The van der Waals surface area contributed by atoms with E-state index in [1.54, 1.807) is 0 Å². The third kappa shape index (κ3) is 30.5. The number of anilines is 6. The largest absolute Gasteiger partial charge is 1.00 e. The minimum atomic E-state index is -5.90. The minimum Gasteiger partial charge on any atom is -0.744 e. The zero-order valence-electron chi connectivity index (χ0n) is 65.6. The van der Waals surface area contributed by atoms with Crippen LogP contribution < -0.4 is 268 Å². The fourth-order valence-electron chi connectivity index (χ4n) is 10.1. The average molecular weight is 2130 g/mol. The van der Waals surface area contributed by atoms with Crippen molar-refractivity contribution in [2.24, 2.45) is 30.0 Å². The molecule has 10 aromatic heterocycles. The maximum Gasteiger partial charge on any atom is 1.00 e. The molecule has 0 fully saturated rings. The Morgan fingerprint density at radius 1 is 0.192 bits per heavy atom. The Hall–Kier alpha value is -4.00. The molecule has 0 amide bonds. The SMILES string of the molecule is O=S(=O)([O-])c1cc2ccc1nc1[nH]c(nc3cc(nc4[nH]c(nc5ccc(cc5S(=O)(=O)[O-])nc5[nH]c(nc6ccc(nc7[nH]c(nc8cc(nc9[nH]c(nc%10ccc(cc%10S(=O)(=O)[O-])nc%10[nH]c(n2)N=C(Cl)N%10)N=C(Cl)N9)c(S(=O)(=O)[O-])cc8S(=O)(=O)[O-])NC(Cl)=N7)c(S(=O)(=O)[O-])c6)NC(Cl)=N5)N=C(Cl)N4)c(S(=O)(=O)[O-])cc3S(=O)(=O)[O-])NC(Cl)=N1.[Na+].[Na+].[Na+].[Na+].[Na+].[Na+].[Na+].[Na+]. The number of nitrogens with one attached hydrogen (secondary N) is 12. The number of rotatable bonds is 8. The van der Waals surface area contributed by atoms with Gasteiger partial charge in [-0.05, 0) is 167 Å². The van der Waals surface area contributed by atoms with Crippen molar-refractivity contribution >= 4 is 320 Å². The van der Waals surface area contributed by atoms with Crippen molar-refractivity contribution in [3.63, 3.8) is 0 Å². The molecular formula is C54H28Cl6N30Na8O24S8. The zero-order chi connectivity index (χ0) is 88.5. The van der Waals surface area contributed by atoms with Crippen molar-refractivity contribution in [3.05, 3.63) is 97.1 Å². The van der Waals surface area contributed by atoms with Gasteiger partial charge in [0, 0.05) is 0 Å². The number of aromatic amines is 6. The van der Waals surface area contributed by atoms with Gasteiger partial charge in [0.25, 0.3) is 0 Å². The van der Waals surface area contributed by atoms with Crippen LogP contribution in [0.1, 0.15) is 0 Å². The van der Waals surface area contributed by atoms with Gasteiger partial charge in [0.05, 0.1) is 105 Å². The first-order valence-electron chi connectivity index (χ1n) is 31.1. The van der Waals surface area contributed by atoms with Crippen LogP contribution in [-0.4, -0.2) is 225 Å². The Balaban J connectivity index is 0.00000374. The van der Waals surface area contributed by atoms with Gasteiger partial charge >= 0.3 is 236 Å². The van der Waals surface area contributed by atoms with Crippen LogP contribution in [0.25, 0.3) is 66.2 Å². The van der Waals surface area contributed by atoms with E-state index < -0.39 is 289 Å². The molecule has 6 aromatic carbocycles. The van der Waals surface area contributed by atoms with E-state index in [0.717, 1.165) is 48.5 Å². The molecule has 0 unspecified atom stereocenters. The van der Waals surface area contributed by atoms with Crippen LogP contribution in [0, 0.1) is 0 Å². The number of benzene rings is 6. The molecule has 0 spiro atoms. The van der Waals surface area contributed by atoms with Crippen molar-refractivity contribution in [2.75, 3.05) is 31.9 Å². The summed E-state index contributed by atoms with van der Waals surface area (Å²) >= 11 is 37.4. The second kappa shape index (κ2) is 46.2. The summed E-state index contributed by atoms with van der Waals surface area (Å²) in [7, 11) is -46.1. The molecule has 0 aliphatic carbocycles. The number of aromatic nitrogens is 18. The molecular weight excluding hydrogens is 2110 g/mol. The fraction of sp³-hybridized carbons (Fsp3) is 0. The molecule has 16 heterocycles. The molecule has 76 heteroatoms. The Bertz CT molecular complexity index is 7560. The van der Waals surface area contributed by atoms with Gasteiger partial charge in [0.2, 0.25) is 103 Å². The number of amidine groups is 6. The molecule has 0 saturated heterocycles. The van der Waals surface area contributed by atoms with Gasteiger partial charge < -0.3 is 68.3 Å². The van der Waals surface area contributed by atoms with Gasteiger partial charge in [0.1, 0.15) is 80.9 Å². The topological polar surface area (TPSA) is 853 Å². The molecule has 636 valence electrons. The summed E-state index contributed by atoms with van der Waals surface area (Å²) in [6.45, 7) is 0. The third-order valence-electron chi connectivity index (χ3n) is 14.7. The van der Waals surface area contributed by atoms with E-state index in [1.165, 1.54) is 0 Å². The normalized spacial score (nSPS) is 13.2.